The lowest BCUT2D eigenvalue weighted by Crippen LogP contribution is -2.48. The van der Waals surface area contributed by atoms with Crippen LogP contribution in [-0.4, -0.2) is 71.2 Å². The van der Waals surface area contributed by atoms with Crippen molar-refractivity contribution in [1.82, 2.24) is 20.0 Å². The van der Waals surface area contributed by atoms with Gasteiger partial charge >= 0.3 is 0 Å². The lowest BCUT2D eigenvalue weighted by molar-refractivity contribution is -0.0270. The van der Waals surface area contributed by atoms with E-state index in [1.54, 1.807) is 17.1 Å². The van der Waals surface area contributed by atoms with E-state index in [0.717, 1.165) is 45.6 Å². The fourth-order valence-corrected chi connectivity index (χ4v) is 4.11. The van der Waals surface area contributed by atoms with Crippen LogP contribution in [0.3, 0.4) is 0 Å². The molecule has 1 amide bonds. The molecule has 0 spiro atoms. The zero-order valence-electron chi connectivity index (χ0n) is 13.5. The molecule has 0 saturated carbocycles. The lowest BCUT2D eigenvalue weighted by atomic mass is 10.00. The van der Waals surface area contributed by atoms with Crippen LogP contribution in [0.15, 0.2) is 12.4 Å². The number of hydrogen-bond acceptors (Lipinski definition) is 5. The summed E-state index contributed by atoms with van der Waals surface area (Å²) < 4.78 is 13.2. The highest BCUT2D eigenvalue weighted by Gasteiger charge is 2.47. The summed E-state index contributed by atoms with van der Waals surface area (Å²) in [5.41, 5.74) is 0.600. The van der Waals surface area contributed by atoms with Crippen molar-refractivity contribution in [3.63, 3.8) is 0 Å². The largest absolute Gasteiger partial charge is 0.380 e. The van der Waals surface area contributed by atoms with E-state index in [4.69, 9.17) is 9.47 Å². The van der Waals surface area contributed by atoms with Crippen LogP contribution in [0.1, 0.15) is 29.6 Å². The first-order chi connectivity index (χ1) is 11.2. The third-order valence-corrected chi connectivity index (χ3v) is 5.22. The minimum Gasteiger partial charge on any atom is -0.380 e. The van der Waals surface area contributed by atoms with Crippen molar-refractivity contribution in [2.24, 2.45) is 7.05 Å². The number of carbonyl (C=O) groups is 1. The van der Waals surface area contributed by atoms with E-state index in [-0.39, 0.29) is 18.1 Å². The summed E-state index contributed by atoms with van der Waals surface area (Å²) in [6.07, 6.45) is 6.74. The van der Waals surface area contributed by atoms with Crippen LogP contribution in [-0.2, 0) is 16.5 Å². The van der Waals surface area contributed by atoms with Crippen LogP contribution in [0, 0.1) is 0 Å². The molecule has 1 aromatic heterocycles. The van der Waals surface area contributed by atoms with Gasteiger partial charge in [-0.3, -0.25) is 14.4 Å². The summed E-state index contributed by atoms with van der Waals surface area (Å²) >= 11 is 0. The molecule has 0 radical (unpaired) electrons. The molecular formula is C16H24N4O3. The van der Waals surface area contributed by atoms with Crippen molar-refractivity contribution >= 4 is 5.91 Å². The predicted octanol–water partition coefficient (Wildman–Crippen LogP) is 0.171. The molecule has 3 aliphatic rings. The molecule has 4 atom stereocenters. The Balaban J connectivity index is 1.48. The summed E-state index contributed by atoms with van der Waals surface area (Å²) in [6.45, 7) is 3.27. The maximum absolute atomic E-state index is 12.5. The van der Waals surface area contributed by atoms with Crippen LogP contribution in [0.4, 0.5) is 0 Å². The van der Waals surface area contributed by atoms with Gasteiger partial charge in [-0.15, -0.1) is 0 Å². The molecule has 23 heavy (non-hydrogen) atoms. The maximum Gasteiger partial charge on any atom is 0.254 e. The van der Waals surface area contributed by atoms with Crippen molar-refractivity contribution in [3.05, 3.63) is 18.0 Å². The number of nitrogens with zero attached hydrogens (tertiary/aromatic N) is 3. The smallest absolute Gasteiger partial charge is 0.254 e. The molecule has 126 valence electrons. The van der Waals surface area contributed by atoms with Crippen molar-refractivity contribution in [2.45, 2.75) is 43.5 Å². The third kappa shape index (κ3) is 2.88. The summed E-state index contributed by atoms with van der Waals surface area (Å²) in [6, 6.07) is 0.896. The predicted molar refractivity (Wildman–Crippen MR) is 83.2 cm³/mol. The Bertz CT molecular complexity index is 569. The van der Waals surface area contributed by atoms with Gasteiger partial charge in [-0.1, -0.05) is 0 Å². The molecule has 3 fully saturated rings. The number of aryl methyl sites for hydroxylation is 1. The number of fused-ring (bicyclic) bond motifs is 1. The summed E-state index contributed by atoms with van der Waals surface area (Å²) in [7, 11) is 1.81. The van der Waals surface area contributed by atoms with E-state index >= 15 is 0 Å². The Morgan fingerprint density at radius 2 is 2.30 bits per heavy atom. The van der Waals surface area contributed by atoms with Gasteiger partial charge in [0.05, 0.1) is 30.5 Å². The van der Waals surface area contributed by atoms with E-state index in [9.17, 15) is 4.79 Å². The van der Waals surface area contributed by atoms with Crippen molar-refractivity contribution in [2.75, 3.05) is 26.4 Å². The monoisotopic (exact) mass is 320 g/mol. The quantitative estimate of drug-likeness (QED) is 0.860. The van der Waals surface area contributed by atoms with Crippen LogP contribution < -0.4 is 5.32 Å². The second-order valence-corrected chi connectivity index (χ2v) is 6.74. The van der Waals surface area contributed by atoms with E-state index < -0.39 is 0 Å². The molecule has 7 nitrogen and oxygen atoms in total. The van der Waals surface area contributed by atoms with Crippen LogP contribution in [0.25, 0.3) is 0 Å². The Morgan fingerprint density at radius 3 is 3.04 bits per heavy atom. The minimum absolute atomic E-state index is 0.0357. The zero-order chi connectivity index (χ0) is 15.8. The molecule has 0 aliphatic carbocycles. The lowest BCUT2D eigenvalue weighted by Gasteiger charge is -2.34. The van der Waals surface area contributed by atoms with Gasteiger partial charge in [0.2, 0.25) is 0 Å². The van der Waals surface area contributed by atoms with Crippen molar-refractivity contribution in [1.29, 1.82) is 0 Å². The first-order valence-electron chi connectivity index (χ1n) is 8.47. The molecule has 0 bridgehead atoms. The van der Waals surface area contributed by atoms with Gasteiger partial charge in [0.25, 0.3) is 5.91 Å². The maximum atomic E-state index is 12.5. The molecule has 1 unspecified atom stereocenters. The third-order valence-electron chi connectivity index (χ3n) is 5.22. The van der Waals surface area contributed by atoms with Crippen molar-refractivity contribution < 1.29 is 14.3 Å². The van der Waals surface area contributed by atoms with Gasteiger partial charge in [0.1, 0.15) is 0 Å². The van der Waals surface area contributed by atoms with Gasteiger partial charge < -0.3 is 14.8 Å². The summed E-state index contributed by atoms with van der Waals surface area (Å²) in [5, 5.41) is 7.23. The average Bonchev–Trinajstić information content (AvgIpc) is 3.27. The molecule has 3 saturated heterocycles. The average molecular weight is 320 g/mol. The van der Waals surface area contributed by atoms with Crippen LogP contribution in [0.5, 0.6) is 0 Å². The number of likely N-dealkylation sites (tertiary alicyclic amines) is 1. The first kappa shape index (κ1) is 15.1. The number of aromatic nitrogens is 2. The highest BCUT2D eigenvalue weighted by Crippen LogP contribution is 2.32. The summed E-state index contributed by atoms with van der Waals surface area (Å²) in [5.74, 6) is -0.0689. The molecule has 4 rings (SSSR count). The van der Waals surface area contributed by atoms with Gasteiger partial charge in [-0.25, -0.2) is 0 Å². The van der Waals surface area contributed by atoms with E-state index in [1.165, 1.54) is 0 Å². The Hall–Kier alpha value is -1.44. The van der Waals surface area contributed by atoms with E-state index in [2.05, 4.69) is 15.3 Å². The number of nitrogens with one attached hydrogen (secondary N) is 1. The van der Waals surface area contributed by atoms with Gasteiger partial charge in [-0.2, -0.15) is 5.10 Å². The molecular weight excluding hydrogens is 296 g/mol. The van der Waals surface area contributed by atoms with Crippen molar-refractivity contribution in [3.8, 4) is 0 Å². The number of rotatable bonds is 3. The fraction of sp³-hybridized carbons (Fsp3) is 0.750. The highest BCUT2D eigenvalue weighted by atomic mass is 16.5. The molecule has 1 N–H and O–H groups in total. The van der Waals surface area contributed by atoms with Gasteiger partial charge in [0, 0.05) is 45.1 Å². The Kier molecular flexibility index (Phi) is 4.09. The zero-order valence-corrected chi connectivity index (χ0v) is 13.5. The molecule has 0 aromatic carbocycles. The van der Waals surface area contributed by atoms with Gasteiger partial charge in [0.15, 0.2) is 0 Å². The topological polar surface area (TPSA) is 68.6 Å². The molecule has 4 heterocycles. The molecule has 7 heteroatoms. The second kappa shape index (κ2) is 6.22. The standard InChI is InChI=1S/C16H24N4O3/c1-19-8-11(7-17-19)16(21)18-13-9-20(12-4-6-22-10-12)14-3-2-5-23-15(13)14/h7-8,12-15H,2-6,9-10H2,1H3,(H,18,21)/t12?,13-,14-,15-/m1/s1. The fourth-order valence-electron chi connectivity index (χ4n) is 4.11. The molecule has 1 aromatic rings. The number of hydrogen-bond donors (Lipinski definition) is 1. The number of amides is 1. The molecule has 3 aliphatic heterocycles. The Labute approximate surface area is 135 Å². The Morgan fingerprint density at radius 1 is 1.39 bits per heavy atom. The van der Waals surface area contributed by atoms with E-state index in [1.807, 2.05) is 7.05 Å². The highest BCUT2D eigenvalue weighted by molar-refractivity contribution is 5.93. The van der Waals surface area contributed by atoms with Gasteiger partial charge in [-0.05, 0) is 19.3 Å². The van der Waals surface area contributed by atoms with Crippen LogP contribution >= 0.6 is 0 Å². The van der Waals surface area contributed by atoms with Crippen LogP contribution in [0.2, 0.25) is 0 Å². The normalized spacial score (nSPS) is 34.5. The number of ether oxygens (including phenoxy) is 2. The first-order valence-corrected chi connectivity index (χ1v) is 8.47. The second-order valence-electron chi connectivity index (χ2n) is 6.74. The summed E-state index contributed by atoms with van der Waals surface area (Å²) in [4.78, 5) is 15.0. The minimum atomic E-state index is -0.0689. The SMILES string of the molecule is Cn1cc(C(=O)N[C@@H]2CN(C3CCOC3)[C@@H]3CCCO[C@@H]32)cn1. The number of carbonyl (C=O) groups excluding carboxylic acids is 1. The van der Waals surface area contributed by atoms with E-state index in [0.29, 0.717) is 17.6 Å².